The topological polar surface area (TPSA) is 109 Å². The lowest BCUT2D eigenvalue weighted by molar-refractivity contribution is -0.112. The van der Waals surface area contributed by atoms with E-state index in [0.29, 0.717) is 34.2 Å². The standard InChI is InChI=1S/C28H23ClN2O5/c1-3-6-21-13-19(14-22(16-30)27(32)31-24-8-5-4-7-23(24)29)15-25(35-2)26(21)36-17-18-9-11-20(12-10-18)28(33)34/h3-5,7-15H,1,6,17H2,2H3,(H,31,32)(H,33,34)/b22-14+. The fourth-order valence-corrected chi connectivity index (χ4v) is 3.54. The Labute approximate surface area is 213 Å². The summed E-state index contributed by atoms with van der Waals surface area (Å²) in [6.45, 7) is 3.97. The molecular formula is C28H23ClN2O5. The molecule has 0 unspecified atom stereocenters. The molecule has 0 spiro atoms. The number of carbonyl (C=O) groups is 2. The molecule has 1 amide bonds. The molecular weight excluding hydrogens is 480 g/mol. The summed E-state index contributed by atoms with van der Waals surface area (Å²) >= 11 is 6.10. The van der Waals surface area contributed by atoms with Crippen molar-refractivity contribution in [3.05, 3.63) is 106 Å². The number of benzene rings is 3. The number of hydrogen-bond donors (Lipinski definition) is 2. The van der Waals surface area contributed by atoms with Crippen molar-refractivity contribution in [1.82, 2.24) is 0 Å². The molecule has 0 saturated carbocycles. The fraction of sp³-hybridized carbons (Fsp3) is 0.107. The number of nitrogens with one attached hydrogen (secondary N) is 1. The zero-order valence-electron chi connectivity index (χ0n) is 19.5. The fourth-order valence-electron chi connectivity index (χ4n) is 3.36. The number of carboxylic acids is 1. The summed E-state index contributed by atoms with van der Waals surface area (Å²) in [6, 6.07) is 18.5. The smallest absolute Gasteiger partial charge is 0.335 e. The molecule has 2 N–H and O–H groups in total. The van der Waals surface area contributed by atoms with Crippen LogP contribution in [0.3, 0.4) is 0 Å². The number of aromatic carboxylic acids is 1. The van der Waals surface area contributed by atoms with Crippen molar-refractivity contribution < 1.29 is 24.2 Å². The first-order valence-electron chi connectivity index (χ1n) is 10.8. The van der Waals surface area contributed by atoms with Crippen molar-refractivity contribution in [2.45, 2.75) is 13.0 Å². The van der Waals surface area contributed by atoms with E-state index in [9.17, 15) is 14.9 Å². The van der Waals surface area contributed by atoms with Gasteiger partial charge in [0.25, 0.3) is 5.91 Å². The number of carbonyl (C=O) groups excluding carboxylic acids is 1. The summed E-state index contributed by atoms with van der Waals surface area (Å²) in [5.41, 5.74) is 2.55. The van der Waals surface area contributed by atoms with Gasteiger partial charge in [-0.1, -0.05) is 41.9 Å². The van der Waals surface area contributed by atoms with Gasteiger partial charge in [0.05, 0.1) is 23.4 Å². The highest BCUT2D eigenvalue weighted by Crippen LogP contribution is 2.35. The molecule has 36 heavy (non-hydrogen) atoms. The Morgan fingerprint density at radius 2 is 1.89 bits per heavy atom. The normalized spacial score (nSPS) is 10.8. The van der Waals surface area contributed by atoms with Gasteiger partial charge in [-0.25, -0.2) is 4.79 Å². The van der Waals surface area contributed by atoms with Crippen molar-refractivity contribution in [3.8, 4) is 17.6 Å². The highest BCUT2D eigenvalue weighted by Gasteiger charge is 2.16. The van der Waals surface area contributed by atoms with Crippen LogP contribution in [-0.2, 0) is 17.8 Å². The SMILES string of the molecule is C=CCc1cc(/C=C(\C#N)C(=O)Nc2ccccc2Cl)cc(OC)c1OCc1ccc(C(=O)O)cc1. The summed E-state index contributed by atoms with van der Waals surface area (Å²) in [5, 5.41) is 21.7. The van der Waals surface area contributed by atoms with Crippen molar-refractivity contribution in [1.29, 1.82) is 5.26 Å². The zero-order chi connectivity index (χ0) is 26.1. The third-order valence-corrected chi connectivity index (χ3v) is 5.45. The minimum atomic E-state index is -1.00. The van der Waals surface area contributed by atoms with Crippen LogP contribution in [-0.4, -0.2) is 24.1 Å². The lowest BCUT2D eigenvalue weighted by Gasteiger charge is -2.16. The van der Waals surface area contributed by atoms with Gasteiger partial charge >= 0.3 is 5.97 Å². The lowest BCUT2D eigenvalue weighted by atomic mass is 10.0. The monoisotopic (exact) mass is 502 g/mol. The molecule has 0 aliphatic carbocycles. The van der Waals surface area contributed by atoms with Gasteiger partial charge in [-0.05, 0) is 60.0 Å². The molecule has 0 saturated heterocycles. The van der Waals surface area contributed by atoms with Gasteiger partial charge in [0.1, 0.15) is 18.2 Å². The minimum absolute atomic E-state index is 0.117. The number of halogens is 1. The first-order valence-corrected chi connectivity index (χ1v) is 11.2. The molecule has 0 aromatic heterocycles. The molecule has 3 aromatic rings. The van der Waals surface area contributed by atoms with Crippen molar-refractivity contribution in [2.75, 3.05) is 12.4 Å². The van der Waals surface area contributed by atoms with E-state index in [-0.39, 0.29) is 17.7 Å². The summed E-state index contributed by atoms with van der Waals surface area (Å²) in [4.78, 5) is 23.7. The third kappa shape index (κ3) is 6.53. The summed E-state index contributed by atoms with van der Waals surface area (Å²) in [6.07, 6.45) is 3.60. The second-order valence-corrected chi connectivity index (χ2v) is 8.01. The maximum absolute atomic E-state index is 12.7. The van der Waals surface area contributed by atoms with E-state index in [1.54, 1.807) is 54.6 Å². The first-order chi connectivity index (χ1) is 17.4. The summed E-state index contributed by atoms with van der Waals surface area (Å²) in [5.74, 6) is -0.708. The molecule has 0 radical (unpaired) electrons. The van der Waals surface area contributed by atoms with Crippen molar-refractivity contribution in [2.24, 2.45) is 0 Å². The van der Waals surface area contributed by atoms with E-state index in [4.69, 9.17) is 26.2 Å². The number of rotatable bonds is 10. The van der Waals surface area contributed by atoms with Crippen LogP contribution in [0.15, 0.2) is 78.9 Å². The van der Waals surface area contributed by atoms with E-state index >= 15 is 0 Å². The van der Waals surface area contributed by atoms with Crippen LogP contribution in [0, 0.1) is 11.3 Å². The number of nitriles is 1. The Hall–Kier alpha value is -4.54. The zero-order valence-corrected chi connectivity index (χ0v) is 20.2. The van der Waals surface area contributed by atoms with Gasteiger partial charge < -0.3 is 19.9 Å². The predicted molar refractivity (Wildman–Crippen MR) is 138 cm³/mol. The number of nitrogens with zero attached hydrogens (tertiary/aromatic N) is 1. The predicted octanol–water partition coefficient (Wildman–Crippen LogP) is 5.90. The molecule has 8 heteroatoms. The lowest BCUT2D eigenvalue weighted by Crippen LogP contribution is -2.13. The Morgan fingerprint density at radius 1 is 1.17 bits per heavy atom. The van der Waals surface area contributed by atoms with Crippen LogP contribution >= 0.6 is 11.6 Å². The average Bonchev–Trinajstić information content (AvgIpc) is 2.88. The second-order valence-electron chi connectivity index (χ2n) is 7.60. The number of methoxy groups -OCH3 is 1. The summed E-state index contributed by atoms with van der Waals surface area (Å²) < 4.78 is 11.6. The van der Waals surface area contributed by atoms with Gasteiger partial charge in [0.15, 0.2) is 11.5 Å². The van der Waals surface area contributed by atoms with E-state index in [0.717, 1.165) is 11.1 Å². The van der Waals surface area contributed by atoms with Crippen LogP contribution in [0.1, 0.15) is 27.0 Å². The second kappa shape index (κ2) is 12.2. The van der Waals surface area contributed by atoms with Gasteiger partial charge in [-0.15, -0.1) is 6.58 Å². The molecule has 0 heterocycles. The van der Waals surface area contributed by atoms with Crippen LogP contribution in [0.5, 0.6) is 11.5 Å². The van der Waals surface area contributed by atoms with Gasteiger partial charge in [-0.2, -0.15) is 5.26 Å². The maximum Gasteiger partial charge on any atom is 0.335 e. The summed E-state index contributed by atoms with van der Waals surface area (Å²) in [7, 11) is 1.49. The number of para-hydroxylation sites is 1. The number of amides is 1. The molecule has 3 aromatic carbocycles. The van der Waals surface area contributed by atoms with Crippen LogP contribution in [0.2, 0.25) is 5.02 Å². The van der Waals surface area contributed by atoms with E-state index in [1.807, 2.05) is 6.07 Å². The van der Waals surface area contributed by atoms with Gasteiger partial charge in [0, 0.05) is 5.56 Å². The van der Waals surface area contributed by atoms with E-state index < -0.39 is 11.9 Å². The van der Waals surface area contributed by atoms with Gasteiger partial charge in [-0.3, -0.25) is 4.79 Å². The van der Waals surface area contributed by atoms with Crippen LogP contribution in [0.25, 0.3) is 6.08 Å². The van der Waals surface area contributed by atoms with Crippen LogP contribution in [0.4, 0.5) is 5.69 Å². The molecule has 0 fully saturated rings. The molecule has 0 aliphatic rings. The largest absolute Gasteiger partial charge is 0.493 e. The highest BCUT2D eigenvalue weighted by molar-refractivity contribution is 6.34. The van der Waals surface area contributed by atoms with Crippen molar-refractivity contribution >= 4 is 35.2 Å². The molecule has 0 bridgehead atoms. The van der Waals surface area contributed by atoms with E-state index in [2.05, 4.69) is 11.9 Å². The molecule has 7 nitrogen and oxygen atoms in total. The Morgan fingerprint density at radius 3 is 2.50 bits per heavy atom. The first kappa shape index (κ1) is 26.1. The molecule has 0 atom stereocenters. The number of allylic oxidation sites excluding steroid dienone is 1. The number of ether oxygens (including phenoxy) is 2. The quantitative estimate of drug-likeness (QED) is 0.203. The van der Waals surface area contributed by atoms with Gasteiger partial charge in [0.2, 0.25) is 0 Å². The average molecular weight is 503 g/mol. The molecule has 0 aliphatic heterocycles. The van der Waals surface area contributed by atoms with Crippen LogP contribution < -0.4 is 14.8 Å². The van der Waals surface area contributed by atoms with Crippen molar-refractivity contribution in [3.63, 3.8) is 0 Å². The Bertz CT molecular complexity index is 1360. The minimum Gasteiger partial charge on any atom is -0.493 e. The molecule has 3 rings (SSSR count). The highest BCUT2D eigenvalue weighted by atomic mass is 35.5. The number of anilines is 1. The Kier molecular flexibility index (Phi) is 8.87. The Balaban J connectivity index is 1.88. The van der Waals surface area contributed by atoms with E-state index in [1.165, 1.54) is 25.3 Å². The number of hydrogen-bond acceptors (Lipinski definition) is 5. The molecule has 182 valence electrons. The maximum atomic E-state index is 12.7. The number of carboxylic acid groups (broad SMARTS) is 1. The third-order valence-electron chi connectivity index (χ3n) is 5.12.